The lowest BCUT2D eigenvalue weighted by Crippen LogP contribution is -2.32. The van der Waals surface area contributed by atoms with Gasteiger partial charge in [0, 0.05) is 17.8 Å². The highest BCUT2D eigenvalue weighted by atomic mass is 16.5. The SMILES string of the molecule is CCc1ccc(N2C(=O)C(Nc3cc(OC)c(OC)c(OC)c3)=C(c3ccccc3)C2=O)cc1. The number of hydrogen-bond donors (Lipinski definition) is 1. The number of benzene rings is 3. The van der Waals surface area contributed by atoms with Crippen LogP contribution in [0.4, 0.5) is 11.4 Å². The van der Waals surface area contributed by atoms with Gasteiger partial charge in [-0.3, -0.25) is 9.59 Å². The smallest absolute Gasteiger partial charge is 0.282 e. The predicted molar refractivity (Wildman–Crippen MR) is 131 cm³/mol. The van der Waals surface area contributed by atoms with Crippen molar-refractivity contribution in [2.45, 2.75) is 13.3 Å². The van der Waals surface area contributed by atoms with E-state index in [2.05, 4.69) is 12.2 Å². The molecule has 3 aromatic carbocycles. The van der Waals surface area contributed by atoms with Crippen molar-refractivity contribution >= 4 is 28.8 Å². The molecule has 0 saturated heterocycles. The van der Waals surface area contributed by atoms with Crippen LogP contribution in [0.2, 0.25) is 0 Å². The summed E-state index contributed by atoms with van der Waals surface area (Å²) < 4.78 is 16.3. The normalized spacial score (nSPS) is 13.4. The topological polar surface area (TPSA) is 77.1 Å². The molecule has 0 fully saturated rings. The van der Waals surface area contributed by atoms with Gasteiger partial charge in [-0.25, -0.2) is 4.90 Å². The minimum Gasteiger partial charge on any atom is -0.493 e. The molecule has 0 atom stereocenters. The molecule has 7 nitrogen and oxygen atoms in total. The highest BCUT2D eigenvalue weighted by molar-refractivity contribution is 6.46. The number of hydrogen-bond acceptors (Lipinski definition) is 6. The Labute approximate surface area is 198 Å². The van der Waals surface area contributed by atoms with Crippen molar-refractivity contribution < 1.29 is 23.8 Å². The molecule has 0 aliphatic carbocycles. The lowest BCUT2D eigenvalue weighted by atomic mass is 10.0. The van der Waals surface area contributed by atoms with Crippen LogP contribution < -0.4 is 24.4 Å². The summed E-state index contributed by atoms with van der Waals surface area (Å²) >= 11 is 0. The Hall–Kier alpha value is -4.26. The lowest BCUT2D eigenvalue weighted by molar-refractivity contribution is -0.120. The van der Waals surface area contributed by atoms with Crippen LogP contribution in [0.1, 0.15) is 18.1 Å². The van der Waals surface area contributed by atoms with Crippen LogP contribution in [0.5, 0.6) is 17.2 Å². The van der Waals surface area contributed by atoms with Crippen molar-refractivity contribution in [3.05, 3.63) is 83.6 Å². The molecule has 1 aliphatic rings. The largest absolute Gasteiger partial charge is 0.493 e. The van der Waals surface area contributed by atoms with E-state index >= 15 is 0 Å². The maximum absolute atomic E-state index is 13.6. The number of carbonyl (C=O) groups is 2. The van der Waals surface area contributed by atoms with Gasteiger partial charge in [0.15, 0.2) is 11.5 Å². The van der Waals surface area contributed by atoms with Crippen molar-refractivity contribution in [1.82, 2.24) is 0 Å². The zero-order chi connectivity index (χ0) is 24.2. The van der Waals surface area contributed by atoms with Crippen LogP contribution in [0.3, 0.4) is 0 Å². The van der Waals surface area contributed by atoms with Crippen LogP contribution in [0, 0.1) is 0 Å². The minimum atomic E-state index is -0.443. The molecule has 0 bridgehead atoms. The van der Waals surface area contributed by atoms with Gasteiger partial charge in [-0.15, -0.1) is 0 Å². The van der Waals surface area contributed by atoms with Crippen molar-refractivity contribution in [3.8, 4) is 17.2 Å². The van der Waals surface area contributed by atoms with Gasteiger partial charge in [0.25, 0.3) is 11.8 Å². The standard InChI is InChI=1S/C27H26N2O5/c1-5-17-11-13-20(14-12-17)29-26(30)23(18-9-7-6-8-10-18)24(27(29)31)28-19-15-21(32-2)25(34-4)22(16-19)33-3/h6-16,28H,5H2,1-4H3. The van der Waals surface area contributed by atoms with Crippen molar-refractivity contribution in [1.29, 1.82) is 0 Å². The quantitative estimate of drug-likeness (QED) is 0.495. The lowest BCUT2D eigenvalue weighted by Gasteiger charge is -2.17. The monoisotopic (exact) mass is 458 g/mol. The van der Waals surface area contributed by atoms with Crippen LogP contribution >= 0.6 is 0 Å². The third-order valence-corrected chi connectivity index (χ3v) is 5.68. The molecule has 1 N–H and O–H groups in total. The molecule has 3 aromatic rings. The minimum absolute atomic E-state index is 0.171. The van der Waals surface area contributed by atoms with Crippen LogP contribution in [-0.4, -0.2) is 33.1 Å². The highest BCUT2D eigenvalue weighted by Crippen LogP contribution is 2.41. The zero-order valence-electron chi connectivity index (χ0n) is 19.5. The molecule has 1 heterocycles. The Morgan fingerprint density at radius 3 is 1.94 bits per heavy atom. The number of ether oxygens (including phenoxy) is 3. The maximum atomic E-state index is 13.6. The highest BCUT2D eigenvalue weighted by Gasteiger charge is 2.40. The molecule has 174 valence electrons. The number of imide groups is 1. The summed E-state index contributed by atoms with van der Waals surface area (Å²) in [6, 6.07) is 19.9. The molecule has 4 rings (SSSR count). The molecule has 7 heteroatoms. The maximum Gasteiger partial charge on any atom is 0.282 e. The first-order valence-corrected chi connectivity index (χ1v) is 10.9. The van der Waals surface area contributed by atoms with E-state index < -0.39 is 11.8 Å². The Kier molecular flexibility index (Phi) is 6.54. The molecular weight excluding hydrogens is 432 g/mol. The summed E-state index contributed by atoms with van der Waals surface area (Å²) in [5.41, 5.74) is 3.26. The van der Waals surface area contributed by atoms with Crippen molar-refractivity contribution in [2.24, 2.45) is 0 Å². The predicted octanol–water partition coefficient (Wildman–Crippen LogP) is 4.67. The second-order valence-electron chi connectivity index (χ2n) is 7.62. The number of amides is 2. The van der Waals surface area contributed by atoms with E-state index in [9.17, 15) is 9.59 Å². The van der Waals surface area contributed by atoms with E-state index in [0.29, 0.717) is 39.8 Å². The van der Waals surface area contributed by atoms with Gasteiger partial charge in [-0.05, 0) is 29.7 Å². The Morgan fingerprint density at radius 1 is 0.794 bits per heavy atom. The summed E-state index contributed by atoms with van der Waals surface area (Å²) in [6.45, 7) is 2.05. The van der Waals surface area contributed by atoms with Gasteiger partial charge in [0.1, 0.15) is 5.70 Å². The zero-order valence-corrected chi connectivity index (χ0v) is 19.5. The van der Waals surface area contributed by atoms with Gasteiger partial charge < -0.3 is 19.5 Å². The first-order chi connectivity index (χ1) is 16.5. The summed E-state index contributed by atoms with van der Waals surface area (Å²) in [6.07, 6.45) is 0.865. The first kappa shape index (κ1) is 22.9. The van der Waals surface area contributed by atoms with Gasteiger partial charge >= 0.3 is 0 Å². The van der Waals surface area contributed by atoms with E-state index in [1.54, 1.807) is 36.4 Å². The fourth-order valence-corrected chi connectivity index (χ4v) is 3.93. The number of anilines is 2. The second kappa shape index (κ2) is 9.70. The molecule has 0 aromatic heterocycles. The van der Waals surface area contributed by atoms with Crippen molar-refractivity contribution in [3.63, 3.8) is 0 Å². The van der Waals surface area contributed by atoms with Crippen molar-refractivity contribution in [2.75, 3.05) is 31.5 Å². The summed E-state index contributed by atoms with van der Waals surface area (Å²) in [7, 11) is 4.55. The molecular formula is C27H26N2O5. The Morgan fingerprint density at radius 2 is 1.41 bits per heavy atom. The third kappa shape index (κ3) is 4.08. The van der Waals surface area contributed by atoms with E-state index in [-0.39, 0.29) is 5.70 Å². The number of nitrogens with zero attached hydrogens (tertiary/aromatic N) is 1. The average Bonchev–Trinajstić information content (AvgIpc) is 3.12. The molecule has 0 radical (unpaired) electrons. The fraction of sp³-hybridized carbons (Fsp3) is 0.185. The Bertz CT molecular complexity index is 1220. The number of rotatable bonds is 8. The third-order valence-electron chi connectivity index (χ3n) is 5.68. The number of nitrogens with one attached hydrogen (secondary N) is 1. The number of carbonyl (C=O) groups excluding carboxylic acids is 2. The van der Waals surface area contributed by atoms with E-state index in [4.69, 9.17) is 14.2 Å². The summed E-state index contributed by atoms with van der Waals surface area (Å²) in [5.74, 6) is 0.446. The molecule has 34 heavy (non-hydrogen) atoms. The molecule has 0 saturated carbocycles. The van der Waals surface area contributed by atoms with Gasteiger partial charge in [-0.2, -0.15) is 0 Å². The number of methoxy groups -OCH3 is 3. The van der Waals surface area contributed by atoms with Gasteiger partial charge in [-0.1, -0.05) is 49.4 Å². The van der Waals surface area contributed by atoms with Gasteiger partial charge in [0.2, 0.25) is 5.75 Å². The fourth-order valence-electron chi connectivity index (χ4n) is 3.93. The second-order valence-corrected chi connectivity index (χ2v) is 7.62. The summed E-state index contributed by atoms with van der Waals surface area (Å²) in [5, 5.41) is 3.14. The summed E-state index contributed by atoms with van der Waals surface area (Å²) in [4.78, 5) is 28.3. The Balaban J connectivity index is 1.81. The van der Waals surface area contributed by atoms with Crippen LogP contribution in [0.15, 0.2) is 72.4 Å². The molecule has 2 amide bonds. The average molecular weight is 459 g/mol. The number of aryl methyl sites for hydroxylation is 1. The van der Waals surface area contributed by atoms with E-state index in [1.165, 1.54) is 26.2 Å². The van der Waals surface area contributed by atoms with Crippen LogP contribution in [0.25, 0.3) is 5.57 Å². The molecule has 0 unspecified atom stereocenters. The van der Waals surface area contributed by atoms with Crippen LogP contribution in [-0.2, 0) is 16.0 Å². The molecule has 1 aliphatic heterocycles. The van der Waals surface area contributed by atoms with Gasteiger partial charge in [0.05, 0.1) is 32.6 Å². The molecule has 0 spiro atoms. The first-order valence-electron chi connectivity index (χ1n) is 10.9. The van der Waals surface area contributed by atoms with E-state index in [0.717, 1.165) is 12.0 Å². The van der Waals surface area contributed by atoms with E-state index in [1.807, 2.05) is 30.3 Å².